The minimum Gasteiger partial charge on any atom is -0.303 e. The van der Waals surface area contributed by atoms with E-state index in [1.807, 2.05) is 4.90 Å². The van der Waals surface area contributed by atoms with Crippen LogP contribution < -0.4 is 0 Å². The third kappa shape index (κ3) is 13.5. The zero-order chi connectivity index (χ0) is 20.4. The van der Waals surface area contributed by atoms with Gasteiger partial charge in [0.15, 0.2) is 0 Å². The first-order valence-corrected chi connectivity index (χ1v) is 10.8. The number of nitrogens with zero attached hydrogens (tertiary/aromatic N) is 1. The van der Waals surface area contributed by atoms with Gasteiger partial charge < -0.3 is 9.79 Å². The highest BCUT2D eigenvalue weighted by atomic mass is 31.2. The van der Waals surface area contributed by atoms with Crippen LogP contribution >= 0.6 is 7.82 Å². The second-order valence-electron chi connectivity index (χ2n) is 7.70. The van der Waals surface area contributed by atoms with Gasteiger partial charge in [0.2, 0.25) is 0 Å². The first-order valence-electron chi connectivity index (χ1n) is 9.25. The van der Waals surface area contributed by atoms with Crippen LogP contribution in [0.15, 0.2) is 34.9 Å². The normalized spacial score (nSPS) is 14.1. The van der Waals surface area contributed by atoms with E-state index in [0.29, 0.717) is 6.54 Å². The average Bonchev–Trinajstić information content (AvgIpc) is 2.44. The van der Waals surface area contributed by atoms with Gasteiger partial charge in [0, 0.05) is 6.54 Å². The van der Waals surface area contributed by atoms with Gasteiger partial charge in [0.25, 0.3) is 0 Å². The molecule has 26 heavy (non-hydrogen) atoms. The molecule has 0 aromatic heterocycles. The third-order valence-corrected chi connectivity index (χ3v) is 5.03. The molecule has 6 heteroatoms. The second kappa shape index (κ2) is 11.9. The molecule has 0 aliphatic heterocycles. The van der Waals surface area contributed by atoms with Crippen molar-refractivity contribution in [2.75, 3.05) is 13.6 Å². The van der Waals surface area contributed by atoms with Gasteiger partial charge in [0.1, 0.15) is 5.72 Å². The highest BCUT2D eigenvalue weighted by Crippen LogP contribution is 2.42. The molecule has 5 nitrogen and oxygen atoms in total. The van der Waals surface area contributed by atoms with Crippen LogP contribution in [-0.2, 0) is 9.09 Å². The summed E-state index contributed by atoms with van der Waals surface area (Å²) in [5.41, 5.74) is 3.13. The maximum absolute atomic E-state index is 11.0. The lowest BCUT2D eigenvalue weighted by Crippen LogP contribution is -2.43. The van der Waals surface area contributed by atoms with E-state index in [-0.39, 0.29) is 0 Å². The van der Waals surface area contributed by atoms with E-state index in [4.69, 9.17) is 14.3 Å². The van der Waals surface area contributed by atoms with Crippen molar-refractivity contribution in [2.24, 2.45) is 0 Å². The Kier molecular flexibility index (Phi) is 11.6. The molecule has 2 N–H and O–H groups in total. The Labute approximate surface area is 160 Å². The molecule has 0 bridgehead atoms. The predicted molar refractivity (Wildman–Crippen MR) is 110 cm³/mol. The predicted octanol–water partition coefficient (Wildman–Crippen LogP) is 5.57. The molecule has 0 heterocycles. The lowest BCUT2D eigenvalue weighted by atomic mass is 10.1. The van der Waals surface area contributed by atoms with Crippen LogP contribution in [-0.4, -0.2) is 34.0 Å². The molecule has 0 aromatic rings. The Morgan fingerprint density at radius 1 is 0.962 bits per heavy atom. The molecule has 0 rings (SSSR count). The van der Waals surface area contributed by atoms with Gasteiger partial charge in [-0.05, 0) is 80.7 Å². The summed E-state index contributed by atoms with van der Waals surface area (Å²) in [5.74, 6) is 0. The SMILES string of the molecule is CC(C)=CCCC(C)=CCCC(C)=CCCN(C)C(C)(C)OP(=O)(O)O. The van der Waals surface area contributed by atoms with Crippen molar-refractivity contribution in [3.63, 3.8) is 0 Å². The van der Waals surface area contributed by atoms with Crippen LogP contribution in [0, 0.1) is 0 Å². The summed E-state index contributed by atoms with van der Waals surface area (Å²) in [6, 6.07) is 0. The zero-order valence-corrected chi connectivity index (χ0v) is 18.5. The molecular weight excluding hydrogens is 349 g/mol. The lowest BCUT2D eigenvalue weighted by Gasteiger charge is -2.34. The summed E-state index contributed by atoms with van der Waals surface area (Å²) >= 11 is 0. The number of hydrogen-bond donors (Lipinski definition) is 2. The number of allylic oxidation sites excluding steroid dienone is 5. The Hall–Kier alpha value is -0.710. The Morgan fingerprint density at radius 3 is 1.88 bits per heavy atom. The monoisotopic (exact) mass is 387 g/mol. The summed E-state index contributed by atoms with van der Waals surface area (Å²) in [7, 11) is -2.69. The van der Waals surface area contributed by atoms with Crippen molar-refractivity contribution in [1.82, 2.24) is 4.90 Å². The maximum Gasteiger partial charge on any atom is 0.471 e. The van der Waals surface area contributed by atoms with Crippen LogP contribution in [0.3, 0.4) is 0 Å². The van der Waals surface area contributed by atoms with Crippen LogP contribution in [0.25, 0.3) is 0 Å². The molecule has 0 aromatic carbocycles. The highest BCUT2D eigenvalue weighted by Gasteiger charge is 2.32. The molecule has 0 aliphatic rings. The van der Waals surface area contributed by atoms with E-state index in [0.717, 1.165) is 32.1 Å². The zero-order valence-electron chi connectivity index (χ0n) is 17.6. The van der Waals surface area contributed by atoms with Crippen molar-refractivity contribution in [3.8, 4) is 0 Å². The van der Waals surface area contributed by atoms with Gasteiger partial charge in [0.05, 0.1) is 0 Å². The topological polar surface area (TPSA) is 70.0 Å². The van der Waals surface area contributed by atoms with E-state index in [1.54, 1.807) is 20.9 Å². The smallest absolute Gasteiger partial charge is 0.303 e. The fourth-order valence-electron chi connectivity index (χ4n) is 2.47. The molecule has 0 spiro atoms. The summed E-state index contributed by atoms with van der Waals surface area (Å²) in [6.45, 7) is 12.6. The van der Waals surface area contributed by atoms with Crippen LogP contribution in [0.1, 0.15) is 73.6 Å². The minimum atomic E-state index is -4.50. The van der Waals surface area contributed by atoms with Gasteiger partial charge in [-0.15, -0.1) is 0 Å². The van der Waals surface area contributed by atoms with Gasteiger partial charge in [-0.2, -0.15) is 0 Å². The largest absolute Gasteiger partial charge is 0.471 e. The van der Waals surface area contributed by atoms with Crippen LogP contribution in [0.5, 0.6) is 0 Å². The lowest BCUT2D eigenvalue weighted by molar-refractivity contribution is -0.0567. The van der Waals surface area contributed by atoms with Crippen molar-refractivity contribution in [2.45, 2.75) is 79.4 Å². The van der Waals surface area contributed by atoms with E-state index in [2.05, 4.69) is 45.9 Å². The molecule has 0 radical (unpaired) electrons. The first kappa shape index (κ1) is 25.3. The number of rotatable bonds is 12. The summed E-state index contributed by atoms with van der Waals surface area (Å²) in [4.78, 5) is 19.8. The van der Waals surface area contributed by atoms with Gasteiger partial charge in [-0.3, -0.25) is 9.42 Å². The van der Waals surface area contributed by atoms with E-state index in [9.17, 15) is 4.57 Å². The molecule has 0 saturated carbocycles. The second-order valence-corrected chi connectivity index (χ2v) is 8.86. The Morgan fingerprint density at radius 2 is 1.42 bits per heavy atom. The fraction of sp³-hybridized carbons (Fsp3) is 0.700. The Bertz CT molecular complexity index is 554. The van der Waals surface area contributed by atoms with Gasteiger partial charge in [-0.25, -0.2) is 4.57 Å². The van der Waals surface area contributed by atoms with E-state index in [1.165, 1.54) is 16.7 Å². The highest BCUT2D eigenvalue weighted by molar-refractivity contribution is 7.46. The van der Waals surface area contributed by atoms with Crippen LogP contribution in [0.4, 0.5) is 0 Å². The fourth-order valence-corrected chi connectivity index (χ4v) is 3.19. The Balaban J connectivity index is 4.25. The van der Waals surface area contributed by atoms with Gasteiger partial charge in [-0.1, -0.05) is 34.9 Å². The maximum atomic E-state index is 11.0. The van der Waals surface area contributed by atoms with Gasteiger partial charge >= 0.3 is 7.82 Å². The van der Waals surface area contributed by atoms with Crippen molar-refractivity contribution >= 4 is 7.82 Å². The minimum absolute atomic E-state index is 0.669. The molecule has 152 valence electrons. The summed E-state index contributed by atoms with van der Waals surface area (Å²) < 4.78 is 15.9. The van der Waals surface area contributed by atoms with Crippen molar-refractivity contribution in [3.05, 3.63) is 34.9 Å². The third-order valence-electron chi connectivity index (χ3n) is 4.34. The number of phosphoric ester groups is 1. The quantitative estimate of drug-likeness (QED) is 0.260. The van der Waals surface area contributed by atoms with Crippen LogP contribution in [0.2, 0.25) is 0 Å². The van der Waals surface area contributed by atoms with Crippen molar-refractivity contribution < 1.29 is 18.9 Å². The van der Waals surface area contributed by atoms with Crippen molar-refractivity contribution in [1.29, 1.82) is 0 Å². The first-order chi connectivity index (χ1) is 11.8. The summed E-state index contributed by atoms with van der Waals surface area (Å²) in [6.07, 6.45) is 11.9. The molecular formula is C20H38NO4P. The molecule has 0 atom stereocenters. The molecule has 0 saturated heterocycles. The van der Waals surface area contributed by atoms with E-state index >= 15 is 0 Å². The molecule has 0 aliphatic carbocycles. The average molecular weight is 388 g/mol. The summed E-state index contributed by atoms with van der Waals surface area (Å²) in [5, 5.41) is 0. The molecule has 0 fully saturated rings. The standard InChI is InChI=1S/C20H38NO4P/c1-17(2)11-8-12-18(3)13-9-14-19(4)15-10-16-21(7)20(5,6)25-26(22,23)24/h11,13,15H,8-10,12,14,16H2,1-7H3,(H2,22,23,24). The number of hydrogen-bond acceptors (Lipinski definition) is 3. The molecule has 0 unspecified atom stereocenters. The molecule has 0 amide bonds. The number of phosphoric acid groups is 1. The van der Waals surface area contributed by atoms with E-state index < -0.39 is 13.5 Å².